The van der Waals surface area contributed by atoms with Crippen LogP contribution >= 0.6 is 34.3 Å². The molecule has 0 unspecified atom stereocenters. The molecular formula is C21H24ClN3O3S2. The van der Waals surface area contributed by atoms with Crippen molar-refractivity contribution in [3.05, 3.63) is 39.5 Å². The number of thiophene rings is 1. The van der Waals surface area contributed by atoms with E-state index in [1.807, 2.05) is 35.2 Å². The number of methoxy groups -OCH3 is 1. The number of ether oxygens (including phenoxy) is 2. The Morgan fingerprint density at radius 1 is 1.27 bits per heavy atom. The van der Waals surface area contributed by atoms with Crippen molar-refractivity contribution in [2.75, 3.05) is 51.4 Å². The molecule has 9 heteroatoms. The van der Waals surface area contributed by atoms with E-state index in [4.69, 9.17) is 26.1 Å². The number of hydrogen-bond acceptors (Lipinski definition) is 7. The minimum absolute atomic E-state index is 0.0431. The summed E-state index contributed by atoms with van der Waals surface area (Å²) in [5.41, 5.74) is 0.876. The average molecular weight is 466 g/mol. The molecule has 0 spiro atoms. The Morgan fingerprint density at radius 2 is 2.10 bits per heavy atom. The van der Waals surface area contributed by atoms with Gasteiger partial charge in [-0.05, 0) is 36.8 Å². The highest BCUT2D eigenvalue weighted by Gasteiger charge is 2.21. The molecule has 0 bridgehead atoms. The van der Waals surface area contributed by atoms with Crippen LogP contribution in [0.25, 0.3) is 10.2 Å². The van der Waals surface area contributed by atoms with Gasteiger partial charge in [0.15, 0.2) is 5.13 Å². The number of hydrogen-bond donors (Lipinski definition) is 0. The normalized spacial score (nSPS) is 14.9. The van der Waals surface area contributed by atoms with Crippen molar-refractivity contribution >= 4 is 55.5 Å². The number of amides is 1. The summed E-state index contributed by atoms with van der Waals surface area (Å²) in [6, 6.07) is 9.54. The maximum Gasteiger partial charge on any atom is 0.234 e. The second kappa shape index (κ2) is 10.1. The minimum atomic E-state index is 0.0431. The summed E-state index contributed by atoms with van der Waals surface area (Å²) in [6.07, 6.45) is 1.21. The summed E-state index contributed by atoms with van der Waals surface area (Å²) in [7, 11) is 1.65. The molecule has 0 N–H and O–H groups in total. The maximum atomic E-state index is 13.2. The molecule has 1 aromatic carbocycles. The van der Waals surface area contributed by atoms with Crippen molar-refractivity contribution in [2.24, 2.45) is 0 Å². The first-order chi connectivity index (χ1) is 14.6. The van der Waals surface area contributed by atoms with E-state index < -0.39 is 0 Å². The topological polar surface area (TPSA) is 54.9 Å². The quantitative estimate of drug-likeness (QED) is 0.496. The molecule has 1 aliphatic heterocycles. The number of nitrogens with zero attached hydrogens (tertiary/aromatic N) is 3. The summed E-state index contributed by atoms with van der Waals surface area (Å²) < 4.78 is 12.5. The van der Waals surface area contributed by atoms with Gasteiger partial charge in [-0.25, -0.2) is 4.98 Å². The molecule has 2 aromatic heterocycles. The van der Waals surface area contributed by atoms with Crippen molar-refractivity contribution < 1.29 is 14.3 Å². The number of morpholine rings is 1. The first kappa shape index (κ1) is 21.5. The monoisotopic (exact) mass is 465 g/mol. The number of anilines is 1. The Hall–Kier alpha value is -1.71. The van der Waals surface area contributed by atoms with Crippen LogP contribution in [-0.4, -0.2) is 62.3 Å². The van der Waals surface area contributed by atoms with E-state index in [-0.39, 0.29) is 5.91 Å². The van der Waals surface area contributed by atoms with Crippen LogP contribution in [-0.2, 0) is 16.0 Å². The molecule has 0 atom stereocenters. The number of halogens is 1. The number of aromatic nitrogens is 1. The molecule has 1 fully saturated rings. The number of fused-ring (bicyclic) bond motifs is 1. The molecule has 1 aliphatic rings. The number of rotatable bonds is 8. The fourth-order valence-electron chi connectivity index (χ4n) is 3.43. The Bertz CT molecular complexity index is 1000. The van der Waals surface area contributed by atoms with E-state index in [1.165, 1.54) is 22.7 Å². The maximum absolute atomic E-state index is 13.2. The third-order valence-corrected chi connectivity index (χ3v) is 7.30. The molecule has 4 rings (SSSR count). The van der Waals surface area contributed by atoms with E-state index in [0.717, 1.165) is 65.2 Å². The third kappa shape index (κ3) is 5.31. The van der Waals surface area contributed by atoms with Crippen molar-refractivity contribution in [3.63, 3.8) is 0 Å². The summed E-state index contributed by atoms with van der Waals surface area (Å²) >= 11 is 9.02. The lowest BCUT2D eigenvalue weighted by molar-refractivity contribution is -0.118. The van der Waals surface area contributed by atoms with Gasteiger partial charge in [0.05, 0.1) is 41.3 Å². The molecule has 0 saturated carbocycles. The van der Waals surface area contributed by atoms with Crippen molar-refractivity contribution in [1.29, 1.82) is 0 Å². The standard InChI is InChI=1S/C21H24ClN3O3S2/c1-27-15-3-5-17-18(13-15)30-21(23-17)25(8-2-7-24-9-11-28-12-10-24)20(26)14-16-4-6-19(22)29-16/h3-6,13H,2,7-12,14H2,1H3. The first-order valence-corrected chi connectivity index (χ1v) is 11.9. The van der Waals surface area contributed by atoms with Gasteiger partial charge in [-0.3, -0.25) is 14.6 Å². The van der Waals surface area contributed by atoms with Crippen molar-refractivity contribution in [2.45, 2.75) is 12.8 Å². The van der Waals surface area contributed by atoms with Gasteiger partial charge in [0, 0.05) is 31.1 Å². The largest absolute Gasteiger partial charge is 0.497 e. The molecular weight excluding hydrogens is 442 g/mol. The highest BCUT2D eigenvalue weighted by atomic mass is 35.5. The number of carbonyl (C=O) groups excluding carboxylic acids is 1. The van der Waals surface area contributed by atoms with Gasteiger partial charge in [-0.2, -0.15) is 0 Å². The van der Waals surface area contributed by atoms with E-state index in [9.17, 15) is 4.79 Å². The van der Waals surface area contributed by atoms with Crippen LogP contribution in [0.2, 0.25) is 4.34 Å². The molecule has 0 aliphatic carbocycles. The predicted molar refractivity (Wildman–Crippen MR) is 123 cm³/mol. The average Bonchev–Trinajstić information content (AvgIpc) is 3.36. The van der Waals surface area contributed by atoms with E-state index in [1.54, 1.807) is 7.11 Å². The number of benzene rings is 1. The molecule has 30 heavy (non-hydrogen) atoms. The van der Waals surface area contributed by atoms with Crippen molar-refractivity contribution in [3.8, 4) is 5.75 Å². The molecule has 6 nitrogen and oxygen atoms in total. The molecule has 160 valence electrons. The number of carbonyl (C=O) groups is 1. The van der Waals surface area contributed by atoms with Gasteiger partial charge in [0.2, 0.25) is 5.91 Å². The van der Waals surface area contributed by atoms with Crippen molar-refractivity contribution in [1.82, 2.24) is 9.88 Å². The second-order valence-electron chi connectivity index (χ2n) is 7.07. The van der Waals surface area contributed by atoms with Gasteiger partial charge in [0.1, 0.15) is 5.75 Å². The Morgan fingerprint density at radius 3 is 2.83 bits per heavy atom. The molecule has 0 radical (unpaired) electrons. The predicted octanol–water partition coefficient (Wildman–Crippen LogP) is 4.32. The Balaban J connectivity index is 1.51. The summed E-state index contributed by atoms with van der Waals surface area (Å²) in [5.74, 6) is 0.831. The Labute approximate surface area is 189 Å². The highest BCUT2D eigenvalue weighted by molar-refractivity contribution is 7.22. The second-order valence-corrected chi connectivity index (χ2v) is 9.87. The Kier molecular flexibility index (Phi) is 7.22. The van der Waals surface area contributed by atoms with E-state index >= 15 is 0 Å². The summed E-state index contributed by atoms with van der Waals surface area (Å²) in [5, 5.41) is 0.730. The lowest BCUT2D eigenvalue weighted by Crippen LogP contribution is -2.39. The van der Waals surface area contributed by atoms with E-state index in [0.29, 0.717) is 17.3 Å². The lowest BCUT2D eigenvalue weighted by atomic mass is 10.3. The summed E-state index contributed by atoms with van der Waals surface area (Å²) in [6.45, 7) is 5.02. The van der Waals surface area contributed by atoms with Gasteiger partial charge in [-0.15, -0.1) is 11.3 Å². The third-order valence-electron chi connectivity index (χ3n) is 5.03. The zero-order chi connectivity index (χ0) is 20.9. The SMILES string of the molecule is COc1ccc2nc(N(CCCN3CCOCC3)C(=O)Cc3ccc(Cl)s3)sc2c1. The van der Waals surface area contributed by atoms with Gasteiger partial charge < -0.3 is 9.47 Å². The van der Waals surface area contributed by atoms with Crippen LogP contribution in [0.5, 0.6) is 5.75 Å². The van der Waals surface area contributed by atoms with E-state index in [2.05, 4.69) is 4.90 Å². The highest BCUT2D eigenvalue weighted by Crippen LogP contribution is 2.32. The molecule has 1 saturated heterocycles. The fraction of sp³-hybridized carbons (Fsp3) is 0.429. The van der Waals surface area contributed by atoms with Crippen LogP contribution in [0, 0.1) is 0 Å². The van der Waals surface area contributed by atoms with Crippen LogP contribution in [0.1, 0.15) is 11.3 Å². The van der Waals surface area contributed by atoms with Crippen LogP contribution in [0.4, 0.5) is 5.13 Å². The van der Waals surface area contributed by atoms with Gasteiger partial charge >= 0.3 is 0 Å². The first-order valence-electron chi connectivity index (χ1n) is 9.91. The fourth-order valence-corrected chi connectivity index (χ4v) is 5.55. The zero-order valence-electron chi connectivity index (χ0n) is 16.8. The number of thiazole rings is 1. The van der Waals surface area contributed by atoms with Crippen LogP contribution in [0.15, 0.2) is 30.3 Å². The lowest BCUT2D eigenvalue weighted by Gasteiger charge is -2.27. The molecule has 3 heterocycles. The molecule has 3 aromatic rings. The smallest absolute Gasteiger partial charge is 0.234 e. The zero-order valence-corrected chi connectivity index (χ0v) is 19.2. The van der Waals surface area contributed by atoms with Gasteiger partial charge in [-0.1, -0.05) is 22.9 Å². The molecule has 1 amide bonds. The minimum Gasteiger partial charge on any atom is -0.497 e. The van der Waals surface area contributed by atoms with Gasteiger partial charge in [0.25, 0.3) is 0 Å². The van der Waals surface area contributed by atoms with Crippen LogP contribution < -0.4 is 9.64 Å². The summed E-state index contributed by atoms with van der Waals surface area (Å²) in [4.78, 5) is 23.1. The van der Waals surface area contributed by atoms with Crippen LogP contribution in [0.3, 0.4) is 0 Å².